The van der Waals surface area contributed by atoms with Gasteiger partial charge in [0, 0.05) is 40.6 Å². The maximum Gasteiger partial charge on any atom is 0.328 e. The van der Waals surface area contributed by atoms with Crippen LogP contribution in [0.4, 0.5) is 9.59 Å². The third kappa shape index (κ3) is 5.54. The Morgan fingerprint density at radius 3 is 1.17 bits per heavy atom. The van der Waals surface area contributed by atoms with Crippen LogP contribution >= 0.6 is 0 Å². The minimum Gasteiger partial charge on any atom is -0.277 e. The van der Waals surface area contributed by atoms with Gasteiger partial charge >= 0.3 is 12.1 Å². The summed E-state index contributed by atoms with van der Waals surface area (Å²) in [5.41, 5.74) is -0.634. The number of barbiturate groups is 2. The summed E-state index contributed by atoms with van der Waals surface area (Å²) < 4.78 is 0. The summed E-state index contributed by atoms with van der Waals surface area (Å²) in [6.07, 6.45) is 12.2. The Balaban J connectivity index is 0.000000648. The van der Waals surface area contributed by atoms with Crippen LogP contribution in [0.3, 0.4) is 0 Å². The molecule has 2 saturated heterocycles. The number of nitrogens with one attached hydrogen (secondary N) is 4. The number of hydrogen-bond donors (Lipinski definition) is 4. The summed E-state index contributed by atoms with van der Waals surface area (Å²) in [7, 11) is 0. The van der Waals surface area contributed by atoms with Crippen LogP contribution in [0.2, 0.25) is 0 Å². The zero-order valence-electron chi connectivity index (χ0n) is 20.4. The molecule has 2 heterocycles. The molecule has 0 saturated carbocycles. The first-order valence-corrected chi connectivity index (χ1v) is 11.9. The molecule has 4 N–H and O–H groups in total. The average molecular weight is 517 g/mol. The van der Waals surface area contributed by atoms with Gasteiger partial charge in [0.15, 0.2) is 0 Å². The topological polar surface area (TPSA) is 151 Å². The normalized spacial score (nSPS) is 23.1. The standard InChI is InChI=1S/2C12H16N2O3.Ca.2H2/c2*1-2-12(8-6-4-3-5-7-8)9(15)13-11(17)14-10(12)16;;;/h2*6H,2-5,7H2,1H3,(H2,13,14,15,16,17);;2*1H. The summed E-state index contributed by atoms with van der Waals surface area (Å²) in [6.45, 7) is 3.59. The first-order valence-electron chi connectivity index (χ1n) is 11.9. The second-order valence-electron chi connectivity index (χ2n) is 8.94. The Kier molecular flexibility index (Phi) is 10.2. The van der Waals surface area contributed by atoms with E-state index >= 15 is 0 Å². The zero-order chi connectivity index (χ0) is 24.9. The van der Waals surface area contributed by atoms with Crippen LogP contribution in [0, 0.1) is 10.8 Å². The number of imide groups is 4. The van der Waals surface area contributed by atoms with Crippen molar-refractivity contribution in [2.45, 2.75) is 78.1 Å². The van der Waals surface area contributed by atoms with E-state index in [-0.39, 0.29) is 40.6 Å². The summed E-state index contributed by atoms with van der Waals surface area (Å²) >= 11 is 0. The van der Waals surface area contributed by atoms with Crippen molar-refractivity contribution in [1.29, 1.82) is 0 Å². The minimum absolute atomic E-state index is 0. The molecule has 0 aromatic rings. The van der Waals surface area contributed by atoms with E-state index in [9.17, 15) is 28.8 Å². The second kappa shape index (κ2) is 12.3. The van der Waals surface area contributed by atoms with E-state index in [1.165, 1.54) is 0 Å². The van der Waals surface area contributed by atoms with Crippen molar-refractivity contribution < 1.29 is 31.6 Å². The summed E-state index contributed by atoms with van der Waals surface area (Å²) in [6, 6.07) is -1.44. The zero-order valence-corrected chi connectivity index (χ0v) is 22.6. The molecule has 0 atom stereocenters. The summed E-state index contributed by atoms with van der Waals surface area (Å²) in [5.74, 6) is -1.94. The summed E-state index contributed by atoms with van der Waals surface area (Å²) in [5, 5.41) is 8.79. The van der Waals surface area contributed by atoms with Crippen molar-refractivity contribution in [2.24, 2.45) is 10.8 Å². The van der Waals surface area contributed by atoms with E-state index in [0.29, 0.717) is 12.8 Å². The molecule has 0 aromatic carbocycles. The third-order valence-corrected chi connectivity index (χ3v) is 7.20. The van der Waals surface area contributed by atoms with Crippen molar-refractivity contribution in [3.05, 3.63) is 23.3 Å². The van der Waals surface area contributed by atoms with Gasteiger partial charge in [-0.15, -0.1) is 0 Å². The van der Waals surface area contributed by atoms with Gasteiger partial charge in [-0.05, 0) is 75.4 Å². The fraction of sp³-hybridized carbons (Fsp3) is 0.583. The molecule has 11 heteroatoms. The molecular formula is C24H36CaN4O6. The first-order chi connectivity index (χ1) is 16.2. The molecule has 0 aromatic heterocycles. The summed E-state index contributed by atoms with van der Waals surface area (Å²) in [4.78, 5) is 70.3. The van der Waals surface area contributed by atoms with Crippen LogP contribution < -0.4 is 21.3 Å². The monoisotopic (exact) mass is 516 g/mol. The molecule has 2 radical (unpaired) electrons. The Hall–Kier alpha value is -2.04. The largest absolute Gasteiger partial charge is 0.328 e. The maximum atomic E-state index is 12.0. The van der Waals surface area contributed by atoms with Gasteiger partial charge in [-0.2, -0.15) is 0 Å². The molecule has 4 rings (SSSR count). The molecular weight excluding hydrogens is 480 g/mol. The number of carbonyl (C=O) groups excluding carboxylic acids is 6. The van der Waals surface area contributed by atoms with Crippen molar-refractivity contribution in [1.82, 2.24) is 21.3 Å². The Labute approximate surface area is 237 Å². The second-order valence-corrected chi connectivity index (χ2v) is 8.94. The van der Waals surface area contributed by atoms with Gasteiger partial charge in [-0.3, -0.25) is 40.4 Å². The van der Waals surface area contributed by atoms with Crippen LogP contribution in [-0.4, -0.2) is 73.4 Å². The van der Waals surface area contributed by atoms with E-state index in [0.717, 1.165) is 62.5 Å². The van der Waals surface area contributed by atoms with Gasteiger partial charge in [-0.1, -0.05) is 26.0 Å². The Morgan fingerprint density at radius 2 is 0.943 bits per heavy atom. The maximum absolute atomic E-state index is 12.0. The number of allylic oxidation sites excluding steroid dienone is 2. The number of rotatable bonds is 4. The van der Waals surface area contributed by atoms with Crippen molar-refractivity contribution >= 4 is 73.4 Å². The molecule has 8 amide bonds. The van der Waals surface area contributed by atoms with Crippen LogP contribution in [0.15, 0.2) is 23.3 Å². The van der Waals surface area contributed by atoms with Crippen LogP contribution in [0.25, 0.3) is 0 Å². The SMILES string of the molecule is CCC1(C2=CCCCC2)C(=O)NC(=O)NC1=O.CCC1(C2=CCCCC2)C(=O)NC(=O)NC1=O.[Ca].[HH].[HH]. The Morgan fingerprint density at radius 1 is 0.629 bits per heavy atom. The molecule has 0 bridgehead atoms. The van der Waals surface area contributed by atoms with E-state index < -0.39 is 46.5 Å². The molecule has 2 aliphatic heterocycles. The predicted molar refractivity (Wildman–Crippen MR) is 132 cm³/mol. The van der Waals surface area contributed by atoms with Gasteiger partial charge in [-0.25, -0.2) is 9.59 Å². The fourth-order valence-electron chi connectivity index (χ4n) is 5.24. The molecule has 35 heavy (non-hydrogen) atoms. The first kappa shape index (κ1) is 29.2. The molecule has 0 unspecified atom stereocenters. The van der Waals surface area contributed by atoms with Crippen LogP contribution in [0.5, 0.6) is 0 Å². The van der Waals surface area contributed by atoms with Gasteiger partial charge < -0.3 is 0 Å². The van der Waals surface area contributed by atoms with Crippen molar-refractivity contribution in [3.63, 3.8) is 0 Å². The predicted octanol–water partition coefficient (Wildman–Crippen LogP) is 2.61. The molecule has 0 spiro atoms. The molecule has 10 nitrogen and oxygen atoms in total. The van der Waals surface area contributed by atoms with E-state index in [2.05, 4.69) is 21.3 Å². The van der Waals surface area contributed by atoms with Crippen molar-refractivity contribution in [3.8, 4) is 0 Å². The van der Waals surface area contributed by atoms with Crippen LogP contribution in [-0.2, 0) is 19.2 Å². The van der Waals surface area contributed by atoms with E-state index in [1.54, 1.807) is 13.8 Å². The van der Waals surface area contributed by atoms with Gasteiger partial charge in [0.25, 0.3) is 0 Å². The molecule has 190 valence electrons. The van der Waals surface area contributed by atoms with Crippen LogP contribution in [0.1, 0.15) is 80.9 Å². The quantitative estimate of drug-likeness (QED) is 0.256. The van der Waals surface area contributed by atoms with Gasteiger partial charge in [0.2, 0.25) is 23.6 Å². The van der Waals surface area contributed by atoms with E-state index in [1.807, 2.05) is 12.2 Å². The van der Waals surface area contributed by atoms with Gasteiger partial charge in [0.05, 0.1) is 0 Å². The number of amides is 8. The molecule has 2 fully saturated rings. The van der Waals surface area contributed by atoms with Gasteiger partial charge in [0.1, 0.15) is 10.8 Å². The molecule has 2 aliphatic carbocycles. The number of carbonyl (C=O) groups is 6. The van der Waals surface area contributed by atoms with Crippen molar-refractivity contribution in [2.75, 3.05) is 0 Å². The Bertz CT molecular complexity index is 880. The smallest absolute Gasteiger partial charge is 0.277 e. The van der Waals surface area contributed by atoms with E-state index in [4.69, 9.17) is 0 Å². The average Bonchev–Trinajstić information content (AvgIpc) is 2.81. The third-order valence-electron chi connectivity index (χ3n) is 7.20. The molecule has 4 aliphatic rings. The minimum atomic E-state index is -1.17. The fourth-order valence-corrected chi connectivity index (χ4v) is 5.24. The number of urea groups is 2. The number of hydrogen-bond acceptors (Lipinski definition) is 6.